The van der Waals surface area contributed by atoms with Crippen LogP contribution in [0.2, 0.25) is 5.02 Å². The Kier molecular flexibility index (Phi) is 7.21. The SMILES string of the molecule is COc1cccc(N(C(C)c2cc(OC)ccc2OC)S(=O)(=O)c2ccc(C)c(Cl)c2)c1. The van der Waals surface area contributed by atoms with Crippen molar-refractivity contribution in [2.75, 3.05) is 25.6 Å². The van der Waals surface area contributed by atoms with Crippen molar-refractivity contribution in [2.45, 2.75) is 24.8 Å². The lowest BCUT2D eigenvalue weighted by Crippen LogP contribution is -2.34. The van der Waals surface area contributed by atoms with E-state index in [1.54, 1.807) is 75.7 Å². The Hall–Kier alpha value is -2.90. The van der Waals surface area contributed by atoms with Gasteiger partial charge in [0, 0.05) is 16.7 Å². The fourth-order valence-corrected chi connectivity index (χ4v) is 5.36. The lowest BCUT2D eigenvalue weighted by Gasteiger charge is -2.32. The molecule has 0 radical (unpaired) electrons. The summed E-state index contributed by atoms with van der Waals surface area (Å²) >= 11 is 6.26. The average molecular weight is 476 g/mol. The number of nitrogens with zero attached hydrogens (tertiary/aromatic N) is 1. The van der Waals surface area contributed by atoms with Crippen LogP contribution in [0.5, 0.6) is 17.2 Å². The summed E-state index contributed by atoms with van der Waals surface area (Å²) in [5.74, 6) is 1.67. The quantitative estimate of drug-likeness (QED) is 0.422. The van der Waals surface area contributed by atoms with E-state index in [0.29, 0.717) is 33.5 Å². The molecule has 0 aliphatic heterocycles. The standard InChI is InChI=1S/C24H26ClNO5S/c1-16-9-11-21(15-23(16)25)32(27,28)26(18-7-6-8-19(13-18)29-3)17(2)22-14-20(30-4)10-12-24(22)31-5/h6-15,17H,1-5H3. The molecule has 0 aromatic heterocycles. The van der Waals surface area contributed by atoms with Gasteiger partial charge in [-0.3, -0.25) is 4.31 Å². The number of aryl methyl sites for hydroxylation is 1. The molecular formula is C24H26ClNO5S. The number of benzene rings is 3. The van der Waals surface area contributed by atoms with Crippen LogP contribution in [0.3, 0.4) is 0 Å². The first-order chi connectivity index (χ1) is 15.2. The maximum Gasteiger partial charge on any atom is 0.264 e. The maximum absolute atomic E-state index is 13.9. The summed E-state index contributed by atoms with van der Waals surface area (Å²) in [4.78, 5) is 0.0876. The Bertz CT molecular complexity index is 1210. The van der Waals surface area contributed by atoms with Crippen LogP contribution in [0.25, 0.3) is 0 Å². The predicted octanol–water partition coefficient (Wildman–Crippen LogP) is 5.63. The van der Waals surface area contributed by atoms with Gasteiger partial charge in [0.2, 0.25) is 0 Å². The third-order valence-corrected chi connectivity index (χ3v) is 7.55. The summed E-state index contributed by atoms with van der Waals surface area (Å²) in [6.45, 7) is 3.62. The van der Waals surface area contributed by atoms with Crippen molar-refractivity contribution >= 4 is 27.3 Å². The van der Waals surface area contributed by atoms with Gasteiger partial charge in [-0.05, 0) is 61.9 Å². The highest BCUT2D eigenvalue weighted by molar-refractivity contribution is 7.92. The van der Waals surface area contributed by atoms with E-state index in [-0.39, 0.29) is 4.90 Å². The summed E-state index contributed by atoms with van der Waals surface area (Å²) in [7, 11) is 0.621. The first-order valence-corrected chi connectivity index (χ1v) is 11.7. The van der Waals surface area contributed by atoms with Crippen molar-refractivity contribution < 1.29 is 22.6 Å². The van der Waals surface area contributed by atoms with Gasteiger partial charge in [-0.1, -0.05) is 23.7 Å². The highest BCUT2D eigenvalue weighted by Crippen LogP contribution is 2.39. The molecule has 0 amide bonds. The average Bonchev–Trinajstić information content (AvgIpc) is 2.80. The van der Waals surface area contributed by atoms with Gasteiger partial charge in [0.05, 0.1) is 38.0 Å². The minimum absolute atomic E-state index is 0.0876. The van der Waals surface area contributed by atoms with Crippen LogP contribution in [0, 0.1) is 6.92 Å². The summed E-state index contributed by atoms with van der Waals surface area (Å²) < 4.78 is 45.4. The molecule has 8 heteroatoms. The van der Waals surface area contributed by atoms with E-state index in [2.05, 4.69) is 0 Å². The maximum atomic E-state index is 13.9. The fourth-order valence-electron chi connectivity index (χ4n) is 3.46. The molecule has 0 saturated carbocycles. The predicted molar refractivity (Wildman–Crippen MR) is 127 cm³/mol. The number of hydrogen-bond acceptors (Lipinski definition) is 5. The highest BCUT2D eigenvalue weighted by atomic mass is 35.5. The molecule has 32 heavy (non-hydrogen) atoms. The Morgan fingerprint density at radius 3 is 2.19 bits per heavy atom. The number of ether oxygens (including phenoxy) is 3. The third kappa shape index (κ3) is 4.64. The van der Waals surface area contributed by atoms with Gasteiger partial charge in [0.15, 0.2) is 0 Å². The van der Waals surface area contributed by atoms with Gasteiger partial charge in [-0.2, -0.15) is 0 Å². The summed E-state index contributed by atoms with van der Waals surface area (Å²) in [6.07, 6.45) is 0. The van der Waals surface area contributed by atoms with Crippen molar-refractivity contribution in [2.24, 2.45) is 0 Å². The molecule has 0 saturated heterocycles. The van der Waals surface area contributed by atoms with E-state index in [4.69, 9.17) is 25.8 Å². The normalized spacial score (nSPS) is 12.2. The molecule has 0 fully saturated rings. The molecule has 0 N–H and O–H groups in total. The van der Waals surface area contributed by atoms with Crippen LogP contribution in [0.4, 0.5) is 5.69 Å². The minimum atomic E-state index is -4.01. The Morgan fingerprint density at radius 1 is 0.875 bits per heavy atom. The van der Waals surface area contributed by atoms with Crippen molar-refractivity contribution in [3.63, 3.8) is 0 Å². The van der Waals surface area contributed by atoms with Gasteiger partial charge in [-0.15, -0.1) is 0 Å². The topological polar surface area (TPSA) is 65.1 Å². The monoisotopic (exact) mass is 475 g/mol. The van der Waals surface area contributed by atoms with Crippen LogP contribution in [0.1, 0.15) is 24.1 Å². The Morgan fingerprint density at radius 2 is 1.56 bits per heavy atom. The van der Waals surface area contributed by atoms with Crippen LogP contribution < -0.4 is 18.5 Å². The molecular weight excluding hydrogens is 450 g/mol. The molecule has 0 spiro atoms. The second-order valence-corrected chi connectivity index (χ2v) is 9.42. The van der Waals surface area contributed by atoms with E-state index in [1.807, 2.05) is 6.92 Å². The number of rotatable bonds is 8. The molecule has 170 valence electrons. The number of halogens is 1. The van der Waals surface area contributed by atoms with Crippen molar-refractivity contribution in [3.05, 3.63) is 76.8 Å². The summed E-state index contributed by atoms with van der Waals surface area (Å²) in [5.41, 5.74) is 1.89. The molecule has 3 aromatic rings. The van der Waals surface area contributed by atoms with Gasteiger partial charge in [0.25, 0.3) is 10.0 Å². The van der Waals surface area contributed by atoms with Crippen LogP contribution in [-0.4, -0.2) is 29.7 Å². The van der Waals surface area contributed by atoms with Crippen LogP contribution in [-0.2, 0) is 10.0 Å². The van der Waals surface area contributed by atoms with E-state index in [0.717, 1.165) is 5.56 Å². The smallest absolute Gasteiger partial charge is 0.264 e. The number of methoxy groups -OCH3 is 3. The van der Waals surface area contributed by atoms with E-state index >= 15 is 0 Å². The molecule has 3 aromatic carbocycles. The Labute approximate surface area is 194 Å². The van der Waals surface area contributed by atoms with E-state index in [1.165, 1.54) is 17.5 Å². The Balaban J connectivity index is 2.24. The summed E-state index contributed by atoms with van der Waals surface area (Å²) in [6, 6.07) is 16.3. The van der Waals surface area contributed by atoms with E-state index in [9.17, 15) is 8.42 Å². The lowest BCUT2D eigenvalue weighted by molar-refractivity contribution is 0.396. The zero-order chi connectivity index (χ0) is 23.5. The molecule has 1 unspecified atom stereocenters. The van der Waals surface area contributed by atoms with Gasteiger partial charge in [-0.25, -0.2) is 8.42 Å². The summed E-state index contributed by atoms with van der Waals surface area (Å²) in [5, 5.41) is 0.378. The zero-order valence-corrected chi connectivity index (χ0v) is 20.2. The molecule has 0 bridgehead atoms. The van der Waals surface area contributed by atoms with Gasteiger partial charge >= 0.3 is 0 Å². The molecule has 0 heterocycles. The molecule has 1 atom stereocenters. The highest BCUT2D eigenvalue weighted by Gasteiger charge is 2.32. The first-order valence-electron chi connectivity index (χ1n) is 9.89. The van der Waals surface area contributed by atoms with Crippen LogP contribution in [0.15, 0.2) is 65.6 Å². The largest absolute Gasteiger partial charge is 0.497 e. The molecule has 3 rings (SSSR count). The first kappa shape index (κ1) is 23.8. The molecule has 0 aliphatic rings. The van der Waals surface area contributed by atoms with Gasteiger partial charge < -0.3 is 14.2 Å². The van der Waals surface area contributed by atoms with Crippen molar-refractivity contribution in [1.29, 1.82) is 0 Å². The van der Waals surface area contributed by atoms with Crippen molar-refractivity contribution in [3.8, 4) is 17.2 Å². The second kappa shape index (κ2) is 9.71. The third-order valence-electron chi connectivity index (χ3n) is 5.25. The fraction of sp³-hybridized carbons (Fsp3) is 0.250. The number of hydrogen-bond donors (Lipinski definition) is 0. The number of anilines is 1. The van der Waals surface area contributed by atoms with Crippen LogP contribution >= 0.6 is 11.6 Å². The molecule has 6 nitrogen and oxygen atoms in total. The lowest BCUT2D eigenvalue weighted by atomic mass is 10.1. The van der Waals surface area contributed by atoms with Crippen molar-refractivity contribution in [1.82, 2.24) is 0 Å². The van der Waals surface area contributed by atoms with Gasteiger partial charge in [0.1, 0.15) is 17.2 Å². The number of sulfonamides is 1. The minimum Gasteiger partial charge on any atom is -0.497 e. The second-order valence-electron chi connectivity index (χ2n) is 7.20. The van der Waals surface area contributed by atoms with E-state index < -0.39 is 16.1 Å². The zero-order valence-electron chi connectivity index (χ0n) is 18.6. The molecule has 0 aliphatic carbocycles.